The summed E-state index contributed by atoms with van der Waals surface area (Å²) >= 11 is 0. The number of amides is 2. The predicted molar refractivity (Wildman–Crippen MR) is 89.5 cm³/mol. The number of rotatable bonds is 6. The van der Waals surface area contributed by atoms with Crippen molar-refractivity contribution in [3.8, 4) is 0 Å². The average Bonchev–Trinajstić information content (AvgIpc) is 2.59. The summed E-state index contributed by atoms with van der Waals surface area (Å²) in [6, 6.07) is 7.20. The third kappa shape index (κ3) is 5.08. The van der Waals surface area contributed by atoms with E-state index in [1.807, 2.05) is 31.2 Å². The number of piperidine rings is 1. The average molecular weight is 332 g/mol. The molecule has 2 rings (SSSR count). The number of carbonyl (C=O) groups is 3. The van der Waals surface area contributed by atoms with E-state index in [2.05, 4.69) is 5.32 Å². The van der Waals surface area contributed by atoms with Crippen molar-refractivity contribution in [1.29, 1.82) is 0 Å². The van der Waals surface area contributed by atoms with Gasteiger partial charge in [0.15, 0.2) is 0 Å². The van der Waals surface area contributed by atoms with Crippen LogP contribution in [0.15, 0.2) is 24.3 Å². The Morgan fingerprint density at radius 3 is 2.58 bits per heavy atom. The number of carbonyl (C=O) groups excluding carboxylic acids is 2. The number of benzene rings is 1. The van der Waals surface area contributed by atoms with Crippen LogP contribution in [0.3, 0.4) is 0 Å². The van der Waals surface area contributed by atoms with Crippen LogP contribution in [0, 0.1) is 6.92 Å². The first kappa shape index (κ1) is 18.0. The second kappa shape index (κ2) is 8.47. The Morgan fingerprint density at radius 1 is 1.21 bits per heavy atom. The van der Waals surface area contributed by atoms with Crippen LogP contribution in [0.1, 0.15) is 36.8 Å². The number of aliphatic carboxylic acids is 1. The van der Waals surface area contributed by atoms with E-state index in [0.29, 0.717) is 25.8 Å². The Morgan fingerprint density at radius 2 is 1.92 bits per heavy atom. The minimum atomic E-state index is -0.978. The molecule has 1 aliphatic heterocycles. The Balaban J connectivity index is 1.77. The lowest BCUT2D eigenvalue weighted by molar-refractivity contribution is -0.151. The largest absolute Gasteiger partial charge is 0.480 e. The Bertz CT molecular complexity index is 598. The van der Waals surface area contributed by atoms with E-state index in [4.69, 9.17) is 0 Å². The normalized spacial score (nSPS) is 17.4. The van der Waals surface area contributed by atoms with Crippen LogP contribution < -0.4 is 5.32 Å². The van der Waals surface area contributed by atoms with E-state index in [9.17, 15) is 19.5 Å². The van der Waals surface area contributed by atoms with E-state index < -0.39 is 12.0 Å². The number of hydrogen-bond acceptors (Lipinski definition) is 3. The summed E-state index contributed by atoms with van der Waals surface area (Å²) in [5.41, 5.74) is 2.24. The summed E-state index contributed by atoms with van der Waals surface area (Å²) < 4.78 is 0. The molecule has 0 radical (unpaired) electrons. The van der Waals surface area contributed by atoms with Crippen LogP contribution >= 0.6 is 0 Å². The van der Waals surface area contributed by atoms with Gasteiger partial charge in [0, 0.05) is 13.0 Å². The van der Waals surface area contributed by atoms with Gasteiger partial charge in [0.05, 0.1) is 6.54 Å². The Hall–Kier alpha value is -2.37. The van der Waals surface area contributed by atoms with Crippen molar-refractivity contribution in [2.24, 2.45) is 0 Å². The molecule has 0 spiro atoms. The van der Waals surface area contributed by atoms with Crippen LogP contribution in [-0.2, 0) is 20.8 Å². The second-order valence-electron chi connectivity index (χ2n) is 6.20. The summed E-state index contributed by atoms with van der Waals surface area (Å²) in [7, 11) is 0. The number of nitrogens with zero attached hydrogens (tertiary/aromatic N) is 1. The molecule has 2 amide bonds. The van der Waals surface area contributed by atoms with E-state index in [-0.39, 0.29) is 18.4 Å². The van der Waals surface area contributed by atoms with Gasteiger partial charge < -0.3 is 15.3 Å². The van der Waals surface area contributed by atoms with Gasteiger partial charge in [-0.15, -0.1) is 0 Å². The summed E-state index contributed by atoms with van der Waals surface area (Å²) in [4.78, 5) is 36.6. The summed E-state index contributed by atoms with van der Waals surface area (Å²) in [5.74, 6) is -1.51. The third-order valence-corrected chi connectivity index (χ3v) is 4.31. The number of aryl methyl sites for hydroxylation is 2. The zero-order chi connectivity index (χ0) is 17.5. The third-order valence-electron chi connectivity index (χ3n) is 4.31. The molecule has 1 atom stereocenters. The van der Waals surface area contributed by atoms with E-state index in [1.54, 1.807) is 0 Å². The highest BCUT2D eigenvalue weighted by molar-refractivity contribution is 5.88. The van der Waals surface area contributed by atoms with Crippen LogP contribution in [-0.4, -0.2) is 46.9 Å². The van der Waals surface area contributed by atoms with Crippen molar-refractivity contribution in [2.45, 2.75) is 45.1 Å². The van der Waals surface area contributed by atoms with Crippen LogP contribution in [0.4, 0.5) is 0 Å². The Labute approximate surface area is 141 Å². The zero-order valence-electron chi connectivity index (χ0n) is 14.0. The molecule has 1 fully saturated rings. The maximum absolute atomic E-state index is 12.2. The lowest BCUT2D eigenvalue weighted by Crippen LogP contribution is -2.51. The number of carboxylic acid groups (broad SMARTS) is 1. The molecule has 1 unspecified atom stereocenters. The smallest absolute Gasteiger partial charge is 0.326 e. The van der Waals surface area contributed by atoms with Gasteiger partial charge in [0.25, 0.3) is 0 Å². The van der Waals surface area contributed by atoms with E-state index in [0.717, 1.165) is 18.4 Å². The highest BCUT2D eigenvalue weighted by Crippen LogP contribution is 2.17. The molecule has 6 nitrogen and oxygen atoms in total. The molecule has 0 saturated carbocycles. The molecule has 130 valence electrons. The maximum atomic E-state index is 12.2. The van der Waals surface area contributed by atoms with E-state index >= 15 is 0 Å². The molecular weight excluding hydrogens is 308 g/mol. The molecule has 6 heteroatoms. The van der Waals surface area contributed by atoms with Crippen molar-refractivity contribution in [1.82, 2.24) is 10.2 Å². The van der Waals surface area contributed by atoms with Gasteiger partial charge in [-0.1, -0.05) is 29.8 Å². The highest BCUT2D eigenvalue weighted by Gasteiger charge is 2.31. The molecule has 0 bridgehead atoms. The molecule has 1 saturated heterocycles. The molecule has 0 aliphatic carbocycles. The minimum absolute atomic E-state index is 0.142. The fraction of sp³-hybridized carbons (Fsp3) is 0.500. The van der Waals surface area contributed by atoms with Crippen molar-refractivity contribution < 1.29 is 19.5 Å². The highest BCUT2D eigenvalue weighted by atomic mass is 16.4. The van der Waals surface area contributed by atoms with Crippen LogP contribution in [0.25, 0.3) is 0 Å². The predicted octanol–water partition coefficient (Wildman–Crippen LogP) is 1.51. The van der Waals surface area contributed by atoms with Crippen LogP contribution in [0.5, 0.6) is 0 Å². The van der Waals surface area contributed by atoms with E-state index in [1.165, 1.54) is 10.5 Å². The molecule has 0 aromatic heterocycles. The fourth-order valence-electron chi connectivity index (χ4n) is 2.86. The van der Waals surface area contributed by atoms with Gasteiger partial charge in [-0.3, -0.25) is 9.59 Å². The Kier molecular flexibility index (Phi) is 6.35. The lowest BCUT2D eigenvalue weighted by Gasteiger charge is -2.33. The van der Waals surface area contributed by atoms with Gasteiger partial charge in [-0.25, -0.2) is 4.79 Å². The van der Waals surface area contributed by atoms with Crippen molar-refractivity contribution >= 4 is 17.8 Å². The molecule has 1 aromatic rings. The second-order valence-corrected chi connectivity index (χ2v) is 6.20. The number of likely N-dealkylation sites (tertiary alicyclic amines) is 1. The maximum Gasteiger partial charge on any atom is 0.326 e. The first-order valence-corrected chi connectivity index (χ1v) is 8.32. The first-order chi connectivity index (χ1) is 11.5. The summed E-state index contributed by atoms with van der Waals surface area (Å²) in [6.07, 6.45) is 3.00. The quantitative estimate of drug-likeness (QED) is 0.827. The SMILES string of the molecule is Cc1ccc(CCC(=O)NCC(=O)N2CCCCC2C(=O)O)cc1. The summed E-state index contributed by atoms with van der Waals surface area (Å²) in [5, 5.41) is 11.8. The molecule has 1 heterocycles. The lowest BCUT2D eigenvalue weighted by atomic mass is 10.0. The number of hydrogen-bond donors (Lipinski definition) is 2. The minimum Gasteiger partial charge on any atom is -0.480 e. The molecule has 24 heavy (non-hydrogen) atoms. The molecule has 1 aliphatic rings. The monoisotopic (exact) mass is 332 g/mol. The van der Waals surface area contributed by atoms with Gasteiger partial charge in [0.2, 0.25) is 11.8 Å². The fourth-order valence-corrected chi connectivity index (χ4v) is 2.86. The van der Waals surface area contributed by atoms with Gasteiger partial charge in [-0.2, -0.15) is 0 Å². The van der Waals surface area contributed by atoms with Gasteiger partial charge >= 0.3 is 5.97 Å². The number of carboxylic acids is 1. The standard InChI is InChI=1S/C18H24N2O4/c1-13-5-7-14(8-6-13)9-10-16(21)19-12-17(22)20-11-3-2-4-15(20)18(23)24/h5-8,15H,2-4,9-12H2,1H3,(H,19,21)(H,23,24). The number of nitrogens with one attached hydrogen (secondary N) is 1. The molecular formula is C18H24N2O4. The molecule has 1 aromatic carbocycles. The zero-order valence-corrected chi connectivity index (χ0v) is 14.0. The van der Waals surface area contributed by atoms with Crippen molar-refractivity contribution in [3.63, 3.8) is 0 Å². The van der Waals surface area contributed by atoms with Crippen LogP contribution in [0.2, 0.25) is 0 Å². The topological polar surface area (TPSA) is 86.7 Å². The molecule has 2 N–H and O–H groups in total. The summed E-state index contributed by atoms with van der Waals surface area (Å²) in [6.45, 7) is 2.30. The first-order valence-electron chi connectivity index (χ1n) is 8.32. The van der Waals surface area contributed by atoms with Gasteiger partial charge in [0.1, 0.15) is 6.04 Å². The van der Waals surface area contributed by atoms with Crippen molar-refractivity contribution in [3.05, 3.63) is 35.4 Å². The van der Waals surface area contributed by atoms with Gasteiger partial charge in [-0.05, 0) is 38.2 Å². The van der Waals surface area contributed by atoms with Crippen molar-refractivity contribution in [2.75, 3.05) is 13.1 Å².